The van der Waals surface area contributed by atoms with Crippen molar-refractivity contribution in [3.8, 4) is 0 Å². The molecular weight excluding hydrogens is 202 g/mol. The first-order valence-electron chi connectivity index (χ1n) is 6.28. The zero-order chi connectivity index (χ0) is 12.2. The molecule has 2 N–H and O–H groups in total. The highest BCUT2D eigenvalue weighted by molar-refractivity contribution is 5.79. The first-order chi connectivity index (χ1) is 7.39. The number of carbonyl (C=O) groups excluding carboxylic acids is 1. The molecule has 0 aromatic carbocycles. The van der Waals surface area contributed by atoms with Crippen LogP contribution in [-0.4, -0.2) is 24.5 Å². The molecule has 0 spiro atoms. The number of hydrogen-bond acceptors (Lipinski definition) is 3. The van der Waals surface area contributed by atoms with Gasteiger partial charge in [-0.2, -0.15) is 0 Å². The summed E-state index contributed by atoms with van der Waals surface area (Å²) >= 11 is 0. The molecule has 0 aromatic rings. The topological polar surface area (TPSA) is 52.3 Å². The first-order valence-corrected chi connectivity index (χ1v) is 6.28. The Kier molecular flexibility index (Phi) is 4.93. The van der Waals surface area contributed by atoms with Crippen LogP contribution in [0.3, 0.4) is 0 Å². The summed E-state index contributed by atoms with van der Waals surface area (Å²) in [7, 11) is 0. The van der Waals surface area contributed by atoms with Crippen molar-refractivity contribution in [2.45, 2.75) is 65.0 Å². The maximum atomic E-state index is 11.7. The highest BCUT2D eigenvalue weighted by Crippen LogP contribution is 2.22. The molecule has 3 heteroatoms. The number of hydrogen-bond donors (Lipinski definition) is 1. The van der Waals surface area contributed by atoms with E-state index in [1.54, 1.807) is 0 Å². The van der Waals surface area contributed by atoms with Crippen LogP contribution in [0.1, 0.15) is 52.9 Å². The molecule has 16 heavy (non-hydrogen) atoms. The Bertz CT molecular complexity index is 227. The van der Waals surface area contributed by atoms with Gasteiger partial charge in [-0.05, 0) is 24.7 Å². The molecule has 94 valence electrons. The number of ketones is 1. The average molecular weight is 227 g/mol. The molecule has 1 aliphatic heterocycles. The number of nitrogens with two attached hydrogens (primary N) is 1. The Morgan fingerprint density at radius 3 is 2.69 bits per heavy atom. The minimum absolute atomic E-state index is 0.0134. The summed E-state index contributed by atoms with van der Waals surface area (Å²) in [6.45, 7) is 7.08. The van der Waals surface area contributed by atoms with Gasteiger partial charge in [0.1, 0.15) is 5.78 Å². The normalized spacial score (nSPS) is 23.4. The molecular formula is C13H25NO2. The molecule has 2 atom stereocenters. The summed E-state index contributed by atoms with van der Waals surface area (Å²) in [6.07, 6.45) is 4.55. The van der Waals surface area contributed by atoms with E-state index in [1.807, 2.05) is 0 Å². The summed E-state index contributed by atoms with van der Waals surface area (Å²) in [5.41, 5.74) is 6.00. The largest absolute Gasteiger partial charge is 0.378 e. The van der Waals surface area contributed by atoms with E-state index >= 15 is 0 Å². The monoisotopic (exact) mass is 227 g/mol. The Morgan fingerprint density at radius 2 is 2.19 bits per heavy atom. The lowest BCUT2D eigenvalue weighted by Gasteiger charge is -2.26. The molecule has 1 heterocycles. The number of ether oxygens (including phenoxy) is 1. The second-order valence-corrected chi connectivity index (χ2v) is 5.89. The van der Waals surface area contributed by atoms with Crippen LogP contribution in [0.4, 0.5) is 0 Å². The van der Waals surface area contributed by atoms with E-state index in [0.29, 0.717) is 18.9 Å². The third kappa shape index (κ3) is 4.62. The Morgan fingerprint density at radius 1 is 1.50 bits per heavy atom. The molecule has 0 aliphatic carbocycles. The molecule has 1 fully saturated rings. The lowest BCUT2D eigenvalue weighted by atomic mass is 9.84. The Hall–Kier alpha value is -0.410. The summed E-state index contributed by atoms with van der Waals surface area (Å²) in [5, 5.41) is 0. The summed E-state index contributed by atoms with van der Waals surface area (Å²) in [5.74, 6) is 0.276. The van der Waals surface area contributed by atoms with Crippen molar-refractivity contribution in [1.29, 1.82) is 0 Å². The van der Waals surface area contributed by atoms with Crippen molar-refractivity contribution in [3.63, 3.8) is 0 Å². The quantitative estimate of drug-likeness (QED) is 0.784. The Labute approximate surface area is 98.7 Å². The van der Waals surface area contributed by atoms with Crippen LogP contribution in [0.25, 0.3) is 0 Å². The van der Waals surface area contributed by atoms with E-state index in [9.17, 15) is 4.79 Å². The minimum Gasteiger partial charge on any atom is -0.378 e. The van der Waals surface area contributed by atoms with Crippen molar-refractivity contribution in [1.82, 2.24) is 0 Å². The highest BCUT2D eigenvalue weighted by atomic mass is 16.5. The van der Waals surface area contributed by atoms with Crippen LogP contribution in [0.5, 0.6) is 0 Å². The predicted octanol–water partition coefficient (Wildman–Crippen LogP) is 2.28. The van der Waals surface area contributed by atoms with Crippen LogP contribution in [-0.2, 0) is 9.53 Å². The smallest absolute Gasteiger partial charge is 0.134 e. The number of rotatable bonds is 5. The molecule has 0 saturated carbocycles. The number of carbonyl (C=O) groups is 1. The molecule has 0 radical (unpaired) electrons. The van der Waals surface area contributed by atoms with Gasteiger partial charge in [0.25, 0.3) is 0 Å². The van der Waals surface area contributed by atoms with Crippen molar-refractivity contribution < 1.29 is 9.53 Å². The molecule has 0 amide bonds. The fourth-order valence-corrected chi connectivity index (χ4v) is 1.85. The summed E-state index contributed by atoms with van der Waals surface area (Å²) in [6, 6.07) is -0.0375. The van der Waals surface area contributed by atoms with Crippen LogP contribution in [0, 0.1) is 5.41 Å². The van der Waals surface area contributed by atoms with Gasteiger partial charge in [-0.3, -0.25) is 4.79 Å². The second kappa shape index (κ2) is 5.78. The predicted molar refractivity (Wildman–Crippen MR) is 65.3 cm³/mol. The van der Waals surface area contributed by atoms with Gasteiger partial charge in [-0.15, -0.1) is 0 Å². The lowest BCUT2D eigenvalue weighted by molar-refractivity contribution is -0.120. The van der Waals surface area contributed by atoms with Crippen molar-refractivity contribution in [3.05, 3.63) is 0 Å². The third-order valence-electron chi connectivity index (χ3n) is 3.33. The van der Waals surface area contributed by atoms with Gasteiger partial charge in [0.05, 0.1) is 6.10 Å². The van der Waals surface area contributed by atoms with E-state index in [0.717, 1.165) is 25.9 Å². The van der Waals surface area contributed by atoms with Crippen molar-refractivity contribution >= 4 is 5.78 Å². The van der Waals surface area contributed by atoms with Gasteiger partial charge < -0.3 is 10.5 Å². The fourth-order valence-electron chi connectivity index (χ4n) is 1.85. The van der Waals surface area contributed by atoms with Crippen LogP contribution in [0.15, 0.2) is 0 Å². The van der Waals surface area contributed by atoms with Gasteiger partial charge in [-0.1, -0.05) is 20.8 Å². The van der Waals surface area contributed by atoms with E-state index in [-0.39, 0.29) is 17.2 Å². The summed E-state index contributed by atoms with van der Waals surface area (Å²) in [4.78, 5) is 11.7. The van der Waals surface area contributed by atoms with Crippen LogP contribution >= 0.6 is 0 Å². The molecule has 1 rings (SSSR count). The molecule has 0 aromatic heterocycles. The van der Waals surface area contributed by atoms with Gasteiger partial charge in [0, 0.05) is 25.5 Å². The molecule has 1 aliphatic rings. The van der Waals surface area contributed by atoms with Gasteiger partial charge in [0.2, 0.25) is 0 Å². The van der Waals surface area contributed by atoms with E-state index < -0.39 is 0 Å². The fraction of sp³-hybridized carbons (Fsp3) is 0.923. The van der Waals surface area contributed by atoms with E-state index in [2.05, 4.69) is 20.8 Å². The minimum atomic E-state index is -0.0375. The Balaban J connectivity index is 2.20. The average Bonchev–Trinajstić information content (AvgIpc) is 2.65. The molecule has 3 nitrogen and oxygen atoms in total. The van der Waals surface area contributed by atoms with Crippen molar-refractivity contribution in [2.24, 2.45) is 11.1 Å². The molecule has 2 unspecified atom stereocenters. The van der Waals surface area contributed by atoms with Crippen LogP contribution in [0.2, 0.25) is 0 Å². The standard InChI is InChI=1S/C13H25NO2/c1-13(2,3)12(14)9-10(15)6-7-11-5-4-8-16-11/h11-12H,4-9,14H2,1-3H3. The maximum Gasteiger partial charge on any atom is 0.134 e. The van der Waals surface area contributed by atoms with Gasteiger partial charge in [-0.25, -0.2) is 0 Å². The lowest BCUT2D eigenvalue weighted by Crippen LogP contribution is -2.37. The third-order valence-corrected chi connectivity index (χ3v) is 3.33. The summed E-state index contributed by atoms with van der Waals surface area (Å²) < 4.78 is 5.49. The zero-order valence-electron chi connectivity index (χ0n) is 10.8. The van der Waals surface area contributed by atoms with E-state index in [4.69, 9.17) is 10.5 Å². The highest BCUT2D eigenvalue weighted by Gasteiger charge is 2.24. The SMILES string of the molecule is CC(C)(C)C(N)CC(=O)CCC1CCCO1. The van der Waals surface area contributed by atoms with E-state index in [1.165, 1.54) is 0 Å². The molecule has 1 saturated heterocycles. The zero-order valence-corrected chi connectivity index (χ0v) is 10.8. The molecule has 0 bridgehead atoms. The maximum absolute atomic E-state index is 11.7. The van der Waals surface area contributed by atoms with Gasteiger partial charge >= 0.3 is 0 Å². The van der Waals surface area contributed by atoms with Crippen molar-refractivity contribution in [2.75, 3.05) is 6.61 Å². The number of Topliss-reactive ketones (excluding diaryl/α,β-unsaturated/α-hetero) is 1. The second-order valence-electron chi connectivity index (χ2n) is 5.89. The van der Waals surface area contributed by atoms with Crippen LogP contribution < -0.4 is 5.73 Å². The first kappa shape index (κ1) is 13.7. The van der Waals surface area contributed by atoms with Gasteiger partial charge in [0.15, 0.2) is 0 Å².